The third-order valence-electron chi connectivity index (χ3n) is 9.00. The maximum atomic E-state index is 14.1. The van der Waals surface area contributed by atoms with Crippen molar-refractivity contribution in [3.05, 3.63) is 101 Å². The molecule has 1 heterocycles. The Morgan fingerprint density at radius 2 is 1.58 bits per heavy atom. The molecular weight excluding hydrogens is 638 g/mol. The van der Waals surface area contributed by atoms with Crippen LogP contribution in [0.5, 0.6) is 5.75 Å². The van der Waals surface area contributed by atoms with Crippen molar-refractivity contribution in [1.82, 2.24) is 15.5 Å². The number of alkyl carbamates (subject to hydrolysis) is 1. The van der Waals surface area contributed by atoms with E-state index in [4.69, 9.17) is 14.2 Å². The Bertz CT molecular complexity index is 1570. The van der Waals surface area contributed by atoms with E-state index in [1.54, 1.807) is 37.8 Å². The number of nitrogens with one attached hydrogen (secondary N) is 2. The highest BCUT2D eigenvalue weighted by molar-refractivity contribution is 5.80. The number of hydrogen-bond acceptors (Lipinski definition) is 8. The van der Waals surface area contributed by atoms with Crippen LogP contribution in [0, 0.1) is 5.92 Å². The Morgan fingerprint density at radius 3 is 2.28 bits per heavy atom. The fraction of sp³-hybridized carbons (Fsp3) is 0.462. The summed E-state index contributed by atoms with van der Waals surface area (Å²) in [5.74, 6) is -0.634. The van der Waals surface area contributed by atoms with Gasteiger partial charge in [0.1, 0.15) is 11.4 Å². The molecule has 0 bridgehead atoms. The number of ether oxygens (including phenoxy) is 3. The predicted octanol–water partition coefficient (Wildman–Crippen LogP) is 3.74. The normalized spacial score (nSPS) is 19.1. The van der Waals surface area contributed by atoms with Gasteiger partial charge in [-0.3, -0.25) is 9.59 Å². The monoisotopic (exact) mass is 687 g/mol. The Kier molecular flexibility index (Phi) is 12.5. The first-order chi connectivity index (χ1) is 23.9. The summed E-state index contributed by atoms with van der Waals surface area (Å²) in [6, 6.07) is 23.0. The first-order valence-corrected chi connectivity index (χ1v) is 17.3. The molecule has 4 N–H and O–H groups in total. The third-order valence-corrected chi connectivity index (χ3v) is 9.00. The first-order valence-electron chi connectivity index (χ1n) is 17.3. The van der Waals surface area contributed by atoms with Crippen molar-refractivity contribution in [2.24, 2.45) is 5.92 Å². The maximum Gasteiger partial charge on any atom is 0.407 e. The van der Waals surface area contributed by atoms with E-state index in [0.717, 1.165) is 22.3 Å². The molecule has 1 saturated heterocycles. The van der Waals surface area contributed by atoms with Gasteiger partial charge in [-0.05, 0) is 74.4 Å². The van der Waals surface area contributed by atoms with Crippen molar-refractivity contribution in [1.29, 1.82) is 0 Å². The average molecular weight is 688 g/mol. The summed E-state index contributed by atoms with van der Waals surface area (Å²) in [5, 5.41) is 28.5. The van der Waals surface area contributed by atoms with E-state index in [1.165, 1.54) is 0 Å². The van der Waals surface area contributed by atoms with E-state index < -0.39 is 41.9 Å². The summed E-state index contributed by atoms with van der Waals surface area (Å²) in [4.78, 5) is 41.2. The van der Waals surface area contributed by atoms with Gasteiger partial charge in [-0.1, -0.05) is 66.7 Å². The number of hydrogen-bond donors (Lipinski definition) is 4. The van der Waals surface area contributed by atoms with E-state index in [0.29, 0.717) is 44.9 Å². The van der Waals surface area contributed by atoms with Gasteiger partial charge in [0.2, 0.25) is 5.91 Å². The maximum absolute atomic E-state index is 14.1. The minimum Gasteiger partial charge on any atom is -0.484 e. The van der Waals surface area contributed by atoms with E-state index in [9.17, 15) is 24.6 Å². The number of rotatable bonds is 13. The number of aliphatic hydroxyl groups excluding tert-OH is 2. The number of carbonyl (C=O) groups is 3. The van der Waals surface area contributed by atoms with Gasteiger partial charge in [0, 0.05) is 25.4 Å². The van der Waals surface area contributed by atoms with Gasteiger partial charge in [-0.2, -0.15) is 0 Å². The van der Waals surface area contributed by atoms with Gasteiger partial charge in [0.15, 0.2) is 6.61 Å². The minimum absolute atomic E-state index is 0.0237. The highest BCUT2D eigenvalue weighted by Crippen LogP contribution is 2.32. The van der Waals surface area contributed by atoms with Crippen LogP contribution in [0.1, 0.15) is 55.5 Å². The molecule has 2 aliphatic rings. The summed E-state index contributed by atoms with van der Waals surface area (Å²) in [7, 11) is 0. The summed E-state index contributed by atoms with van der Waals surface area (Å²) in [6.07, 6.45) is -1.51. The number of benzene rings is 3. The molecule has 11 nitrogen and oxygen atoms in total. The van der Waals surface area contributed by atoms with E-state index in [2.05, 4.69) is 10.6 Å². The Labute approximate surface area is 293 Å². The molecule has 0 saturated carbocycles. The van der Waals surface area contributed by atoms with Crippen LogP contribution in [0.4, 0.5) is 4.79 Å². The fourth-order valence-electron chi connectivity index (χ4n) is 6.42. The number of nitrogens with zero attached hydrogens (tertiary/aromatic N) is 1. The quantitative estimate of drug-likeness (QED) is 0.213. The molecule has 1 unspecified atom stereocenters. The van der Waals surface area contributed by atoms with Crippen molar-refractivity contribution in [2.45, 2.75) is 76.3 Å². The number of fused-ring (bicyclic) bond motifs is 1. The fourth-order valence-corrected chi connectivity index (χ4v) is 6.42. The minimum atomic E-state index is -1.12. The first kappa shape index (κ1) is 36.8. The van der Waals surface area contributed by atoms with Gasteiger partial charge in [-0.15, -0.1) is 0 Å². The van der Waals surface area contributed by atoms with Gasteiger partial charge < -0.3 is 40.0 Å². The molecule has 1 fully saturated rings. The summed E-state index contributed by atoms with van der Waals surface area (Å²) >= 11 is 0. The highest BCUT2D eigenvalue weighted by atomic mass is 16.6. The SMILES string of the molecule is CC(C)(C)OC(=O)N[C@@H](Cc1ccccc1)[C@@H](O)C[C@@H](Cc1ccc(OCC(=O)N2CCOCC2)cc1)C(=O)NC1c2ccccc2C[C@H]1O. The molecule has 11 heteroatoms. The predicted molar refractivity (Wildman–Crippen MR) is 187 cm³/mol. The molecular formula is C39H49N3O8. The highest BCUT2D eigenvalue weighted by Gasteiger charge is 2.35. The molecule has 1 aliphatic heterocycles. The third kappa shape index (κ3) is 10.5. The summed E-state index contributed by atoms with van der Waals surface area (Å²) < 4.78 is 16.6. The molecule has 50 heavy (non-hydrogen) atoms. The smallest absolute Gasteiger partial charge is 0.407 e. The molecule has 0 spiro atoms. The van der Waals surface area contributed by atoms with Crippen LogP contribution in [0.15, 0.2) is 78.9 Å². The lowest BCUT2D eigenvalue weighted by Crippen LogP contribution is -2.48. The number of amides is 3. The summed E-state index contributed by atoms with van der Waals surface area (Å²) in [6.45, 7) is 7.32. The summed E-state index contributed by atoms with van der Waals surface area (Å²) in [5.41, 5.74) is 2.83. The Hall–Kier alpha value is -4.45. The van der Waals surface area contributed by atoms with Crippen LogP contribution in [0.2, 0.25) is 0 Å². The Morgan fingerprint density at radius 1 is 0.920 bits per heavy atom. The molecule has 5 atom stereocenters. The second-order valence-corrected chi connectivity index (χ2v) is 14.0. The van der Waals surface area contributed by atoms with Gasteiger partial charge in [-0.25, -0.2) is 4.79 Å². The molecule has 1 aliphatic carbocycles. The number of morpholine rings is 1. The van der Waals surface area contributed by atoms with Crippen molar-refractivity contribution in [3.8, 4) is 5.75 Å². The van der Waals surface area contributed by atoms with Crippen LogP contribution in [-0.4, -0.2) is 89.8 Å². The van der Waals surface area contributed by atoms with Crippen molar-refractivity contribution in [3.63, 3.8) is 0 Å². The molecule has 3 aromatic rings. The average Bonchev–Trinajstić information content (AvgIpc) is 3.41. The Balaban J connectivity index is 1.32. The van der Waals surface area contributed by atoms with Crippen LogP contribution in [0.3, 0.4) is 0 Å². The van der Waals surface area contributed by atoms with Crippen molar-refractivity contribution < 1.29 is 38.8 Å². The largest absolute Gasteiger partial charge is 0.484 e. The lowest BCUT2D eigenvalue weighted by atomic mass is 9.88. The van der Waals surface area contributed by atoms with E-state index in [1.807, 2.05) is 66.7 Å². The zero-order chi connectivity index (χ0) is 35.7. The number of carbonyl (C=O) groups excluding carboxylic acids is 3. The zero-order valence-corrected chi connectivity index (χ0v) is 29.0. The second-order valence-electron chi connectivity index (χ2n) is 14.0. The molecule has 3 amide bonds. The van der Waals surface area contributed by atoms with Crippen LogP contribution in [0.25, 0.3) is 0 Å². The van der Waals surface area contributed by atoms with E-state index in [-0.39, 0.29) is 31.3 Å². The molecule has 5 rings (SSSR count). The van der Waals surface area contributed by atoms with E-state index >= 15 is 0 Å². The lowest BCUT2D eigenvalue weighted by molar-refractivity contribution is -0.137. The lowest BCUT2D eigenvalue weighted by Gasteiger charge is -2.30. The molecule has 0 radical (unpaired) electrons. The number of aliphatic hydroxyl groups is 2. The molecule has 3 aromatic carbocycles. The topological polar surface area (TPSA) is 147 Å². The van der Waals surface area contributed by atoms with Gasteiger partial charge in [0.05, 0.1) is 37.5 Å². The second kappa shape index (κ2) is 17.0. The van der Waals surface area contributed by atoms with Crippen LogP contribution in [-0.2, 0) is 38.3 Å². The van der Waals surface area contributed by atoms with Crippen molar-refractivity contribution >= 4 is 17.9 Å². The van der Waals surface area contributed by atoms with Gasteiger partial charge >= 0.3 is 6.09 Å². The standard InChI is InChI=1S/C39H49N3O8/c1-39(2,3)50-38(47)40-32(22-26-9-5-4-6-10-26)33(43)24-29(37(46)41-36-31-12-8-7-11-28(31)23-34(36)44)21-27-13-15-30(16-14-27)49-25-35(45)42-17-19-48-20-18-42/h4-16,29,32-34,36,43-44H,17-25H2,1-3H3,(H,40,47)(H,41,46)/t29-,32+,33+,34-,36?/m1/s1. The molecule has 268 valence electrons. The van der Waals surface area contributed by atoms with Crippen LogP contribution >= 0.6 is 0 Å². The van der Waals surface area contributed by atoms with Crippen LogP contribution < -0.4 is 15.4 Å². The van der Waals surface area contributed by atoms with Gasteiger partial charge in [0.25, 0.3) is 5.91 Å². The van der Waals surface area contributed by atoms with Crippen molar-refractivity contribution in [2.75, 3.05) is 32.9 Å². The zero-order valence-electron chi connectivity index (χ0n) is 29.0. The molecule has 0 aromatic heterocycles.